The topological polar surface area (TPSA) is 94.2 Å². The number of aromatic nitrogens is 4. The minimum absolute atomic E-state index is 0.0658. The third kappa shape index (κ3) is 3.89. The average molecular weight is 509 g/mol. The first kappa shape index (κ1) is 23.6. The predicted molar refractivity (Wildman–Crippen MR) is 137 cm³/mol. The number of aryl methyl sites for hydroxylation is 2. The predicted octanol–water partition coefficient (Wildman–Crippen LogP) is 3.40. The number of hydrogen-bond acceptors (Lipinski definition) is 5. The van der Waals surface area contributed by atoms with Crippen LogP contribution in [0.5, 0.6) is 0 Å². The zero-order chi connectivity index (χ0) is 25.6. The monoisotopic (exact) mass is 508 g/mol. The summed E-state index contributed by atoms with van der Waals surface area (Å²) in [6.45, 7) is 4.30. The molecular weight excluding hydrogens is 487 g/mol. The number of hydrogen-bond donors (Lipinski definition) is 1. The van der Waals surface area contributed by atoms with Gasteiger partial charge in [-0.15, -0.1) is 0 Å². The fourth-order valence-electron chi connectivity index (χ4n) is 4.44. The van der Waals surface area contributed by atoms with Crippen LogP contribution in [-0.2, 0) is 24.9 Å². The molecule has 184 valence electrons. The Morgan fingerprint density at radius 2 is 2.00 bits per heavy atom. The van der Waals surface area contributed by atoms with Gasteiger partial charge < -0.3 is 14.8 Å². The molecule has 36 heavy (non-hydrogen) atoms. The molecule has 2 aromatic carbocycles. The van der Waals surface area contributed by atoms with Crippen LogP contribution in [0, 0.1) is 5.82 Å². The van der Waals surface area contributed by atoms with Crippen LogP contribution in [0.4, 0.5) is 21.7 Å². The van der Waals surface area contributed by atoms with Crippen molar-refractivity contribution in [3.8, 4) is 0 Å². The molecule has 1 N–H and O–H groups in total. The highest BCUT2D eigenvalue weighted by Gasteiger charge is 2.27. The van der Waals surface area contributed by atoms with Gasteiger partial charge in [-0.2, -0.15) is 4.98 Å². The van der Waals surface area contributed by atoms with Crippen molar-refractivity contribution in [2.45, 2.75) is 19.5 Å². The molecule has 0 aliphatic carbocycles. The Hall–Kier alpha value is -4.18. The number of nitrogens with zero attached hydrogens (tertiary/aromatic N) is 5. The number of carbonyl (C=O) groups excluding carboxylic acids is 1. The number of carbonyl (C=O) groups is 1. The SMILES string of the molecule is C=CC(=O)Nc1cccc(N2CCCn3c2nc2c3c(=O)n(Cc3c(F)cccc3Cl)c(=O)n2C)c1. The Morgan fingerprint density at radius 3 is 2.75 bits per heavy atom. The molecule has 0 unspecified atom stereocenters. The van der Waals surface area contributed by atoms with Gasteiger partial charge in [-0.3, -0.25) is 18.7 Å². The summed E-state index contributed by atoms with van der Waals surface area (Å²) in [5, 5.41) is 2.87. The lowest BCUT2D eigenvalue weighted by Crippen LogP contribution is -2.40. The zero-order valence-electron chi connectivity index (χ0n) is 19.4. The van der Waals surface area contributed by atoms with Crippen LogP contribution in [0.3, 0.4) is 0 Å². The highest BCUT2D eigenvalue weighted by molar-refractivity contribution is 6.31. The molecule has 0 bridgehead atoms. The number of benzene rings is 2. The number of rotatable bonds is 5. The highest BCUT2D eigenvalue weighted by Crippen LogP contribution is 2.32. The molecule has 3 heterocycles. The number of halogens is 2. The minimum Gasteiger partial charge on any atom is -0.322 e. The average Bonchev–Trinajstić information content (AvgIpc) is 3.27. The quantitative estimate of drug-likeness (QED) is 0.417. The van der Waals surface area contributed by atoms with Gasteiger partial charge in [0.05, 0.1) is 6.54 Å². The number of fused-ring (bicyclic) bond motifs is 3. The molecule has 11 heteroatoms. The van der Waals surface area contributed by atoms with Crippen molar-refractivity contribution in [2.24, 2.45) is 7.05 Å². The van der Waals surface area contributed by atoms with Crippen molar-refractivity contribution in [2.75, 3.05) is 16.8 Å². The summed E-state index contributed by atoms with van der Waals surface area (Å²) in [5.74, 6) is -0.428. The summed E-state index contributed by atoms with van der Waals surface area (Å²) in [5.41, 5.74) is 0.706. The normalized spacial score (nSPS) is 13.0. The van der Waals surface area contributed by atoms with E-state index in [1.165, 1.54) is 35.9 Å². The van der Waals surface area contributed by atoms with E-state index in [0.717, 1.165) is 10.3 Å². The van der Waals surface area contributed by atoms with Gasteiger partial charge in [0, 0.05) is 42.1 Å². The van der Waals surface area contributed by atoms with Crippen molar-refractivity contribution in [3.63, 3.8) is 0 Å². The summed E-state index contributed by atoms with van der Waals surface area (Å²) in [7, 11) is 1.53. The summed E-state index contributed by atoms with van der Waals surface area (Å²) in [6, 6.07) is 11.4. The summed E-state index contributed by atoms with van der Waals surface area (Å²) in [4.78, 5) is 45.0. The van der Waals surface area contributed by atoms with Gasteiger partial charge >= 0.3 is 5.69 Å². The van der Waals surface area contributed by atoms with Gasteiger partial charge in [0.15, 0.2) is 11.2 Å². The molecule has 0 fully saturated rings. The third-order valence-corrected chi connectivity index (χ3v) is 6.56. The van der Waals surface area contributed by atoms with Crippen LogP contribution in [0.15, 0.2) is 64.7 Å². The molecular formula is C25H22ClFN6O3. The van der Waals surface area contributed by atoms with Crippen molar-refractivity contribution in [1.29, 1.82) is 0 Å². The lowest BCUT2D eigenvalue weighted by Gasteiger charge is -2.29. The smallest absolute Gasteiger partial charge is 0.322 e. The Kier molecular flexibility index (Phi) is 5.97. The number of imidazole rings is 1. The highest BCUT2D eigenvalue weighted by atomic mass is 35.5. The molecule has 9 nitrogen and oxygen atoms in total. The molecule has 0 saturated carbocycles. The maximum absolute atomic E-state index is 14.4. The van der Waals surface area contributed by atoms with Gasteiger partial charge in [-0.1, -0.05) is 30.3 Å². The molecule has 4 aromatic rings. The fourth-order valence-corrected chi connectivity index (χ4v) is 4.66. The van der Waals surface area contributed by atoms with E-state index >= 15 is 0 Å². The lowest BCUT2D eigenvalue weighted by atomic mass is 10.2. The number of amides is 1. The maximum atomic E-state index is 14.4. The largest absolute Gasteiger partial charge is 0.332 e. The molecule has 1 amide bonds. The molecule has 2 aromatic heterocycles. The van der Waals surface area contributed by atoms with Crippen LogP contribution in [0.25, 0.3) is 11.2 Å². The van der Waals surface area contributed by atoms with Crippen LogP contribution < -0.4 is 21.5 Å². The first-order valence-corrected chi connectivity index (χ1v) is 11.6. The van der Waals surface area contributed by atoms with E-state index in [1.54, 1.807) is 22.8 Å². The van der Waals surface area contributed by atoms with E-state index in [9.17, 15) is 18.8 Å². The Labute approximate surface area is 209 Å². The van der Waals surface area contributed by atoms with Crippen LogP contribution in [-0.4, -0.2) is 31.1 Å². The van der Waals surface area contributed by atoms with Gasteiger partial charge in [0.1, 0.15) is 5.82 Å². The van der Waals surface area contributed by atoms with Crippen LogP contribution >= 0.6 is 11.6 Å². The van der Waals surface area contributed by atoms with Crippen LogP contribution in [0.2, 0.25) is 5.02 Å². The zero-order valence-corrected chi connectivity index (χ0v) is 20.1. The van der Waals surface area contributed by atoms with E-state index in [0.29, 0.717) is 31.1 Å². The third-order valence-electron chi connectivity index (χ3n) is 6.21. The molecule has 1 aliphatic heterocycles. The Morgan fingerprint density at radius 1 is 1.22 bits per heavy atom. The second-order valence-electron chi connectivity index (χ2n) is 8.42. The van der Waals surface area contributed by atoms with Crippen molar-refractivity contribution >= 4 is 46.0 Å². The standard InChI is InChI=1S/C25H22ClFN6O3/c1-3-20(34)28-15-7-4-8-16(13-15)31-11-6-12-32-21-22(29-24(31)32)30(2)25(36)33(23(21)35)14-17-18(26)9-5-10-19(17)27/h3-5,7-10,13H,1,6,11-12,14H2,2H3,(H,28,34). The molecule has 0 saturated heterocycles. The fraction of sp³-hybridized carbons (Fsp3) is 0.200. The lowest BCUT2D eigenvalue weighted by molar-refractivity contribution is -0.111. The molecule has 0 atom stereocenters. The first-order valence-electron chi connectivity index (χ1n) is 11.2. The second-order valence-corrected chi connectivity index (χ2v) is 8.82. The van der Waals surface area contributed by atoms with Crippen molar-refractivity contribution < 1.29 is 9.18 Å². The first-order chi connectivity index (χ1) is 17.3. The van der Waals surface area contributed by atoms with E-state index in [4.69, 9.17) is 11.6 Å². The van der Waals surface area contributed by atoms with Crippen molar-refractivity contribution in [3.05, 3.63) is 92.4 Å². The van der Waals surface area contributed by atoms with E-state index < -0.39 is 17.1 Å². The summed E-state index contributed by atoms with van der Waals surface area (Å²) < 4.78 is 18.5. The summed E-state index contributed by atoms with van der Waals surface area (Å²) >= 11 is 6.16. The van der Waals surface area contributed by atoms with Gasteiger partial charge in [-0.05, 0) is 42.8 Å². The van der Waals surface area contributed by atoms with Crippen molar-refractivity contribution in [1.82, 2.24) is 18.7 Å². The molecule has 0 spiro atoms. The van der Waals surface area contributed by atoms with Gasteiger partial charge in [0.2, 0.25) is 11.9 Å². The van der Waals surface area contributed by atoms with Gasteiger partial charge in [-0.25, -0.2) is 9.18 Å². The number of nitrogens with one attached hydrogen (secondary N) is 1. The van der Waals surface area contributed by atoms with Crippen LogP contribution in [0.1, 0.15) is 12.0 Å². The Bertz CT molecular complexity index is 1630. The van der Waals surface area contributed by atoms with E-state index in [-0.39, 0.29) is 34.2 Å². The molecule has 5 rings (SSSR count). The maximum Gasteiger partial charge on any atom is 0.332 e. The molecule has 1 aliphatic rings. The minimum atomic E-state index is -0.622. The molecule has 0 radical (unpaired) electrons. The van der Waals surface area contributed by atoms with E-state index in [1.807, 2.05) is 11.0 Å². The summed E-state index contributed by atoms with van der Waals surface area (Å²) in [6.07, 6.45) is 1.90. The Balaban J connectivity index is 1.65. The number of anilines is 3. The van der Waals surface area contributed by atoms with E-state index in [2.05, 4.69) is 16.9 Å². The van der Waals surface area contributed by atoms with Gasteiger partial charge in [0.25, 0.3) is 5.56 Å². The second kappa shape index (κ2) is 9.12.